The predicted octanol–water partition coefficient (Wildman–Crippen LogP) is 23.4. The summed E-state index contributed by atoms with van der Waals surface area (Å²) in [7, 11) is -17.4. The van der Waals surface area contributed by atoms with Gasteiger partial charge in [-0.15, -0.1) is 0 Å². The highest BCUT2D eigenvalue weighted by Crippen LogP contribution is 2.80. The van der Waals surface area contributed by atoms with Crippen molar-refractivity contribution in [2.45, 2.75) is 213 Å². The van der Waals surface area contributed by atoms with Gasteiger partial charge in [0, 0.05) is 0 Å². The van der Waals surface area contributed by atoms with Crippen LogP contribution >= 0.6 is 0 Å². The lowest BCUT2D eigenvalue weighted by Gasteiger charge is -2.62. The normalized spacial score (nSPS) is 18.4. The summed E-state index contributed by atoms with van der Waals surface area (Å²) < 4.78 is 1130. The molecule has 0 radical (unpaired) electrons. The average molecular weight is 2090 g/mol. The molecule has 0 aliphatic rings. The second-order valence-electron chi connectivity index (χ2n) is 24.2. The monoisotopic (exact) mass is 2090 g/mol. The van der Waals surface area contributed by atoms with Crippen LogP contribution in [0.2, 0.25) is 0 Å². The summed E-state index contributed by atoms with van der Waals surface area (Å²) in [6, 6.07) is -15.8. The van der Waals surface area contributed by atoms with Gasteiger partial charge in [-0.2, -0.15) is 316 Å². The number of esters is 1. The highest BCUT2D eigenvalue weighted by Gasteiger charge is 3.14. The van der Waals surface area contributed by atoms with Crippen LogP contribution in [0, 0.1) is 0 Å². The fourth-order valence-electron chi connectivity index (χ4n) is 9.77. The molecular formula is C46H11F75N2O3Si. The number of hydrogen-bond acceptors (Lipinski definition) is 3. The van der Waals surface area contributed by atoms with Crippen LogP contribution in [-0.2, 0) is 4.74 Å². The fraction of sp³-hybridized carbons (Fsp3) is 0.826. The van der Waals surface area contributed by atoms with E-state index in [1.807, 2.05) is 0 Å². The van der Waals surface area contributed by atoms with Crippen molar-refractivity contribution in [2.75, 3.05) is 13.2 Å². The zero-order valence-electron chi connectivity index (χ0n) is 54.9. The minimum atomic E-state index is -17.4. The number of carbonyl (C=O) groups excluding carboxylic acids is 2. The highest BCUT2D eigenvalue weighted by atomic mass is 28.3. The smallest absolute Gasteiger partial charge is 0.460 e. The first-order valence-electron chi connectivity index (χ1n) is 27.8. The summed E-state index contributed by atoms with van der Waals surface area (Å²) in [5.74, 6) is -319. The van der Waals surface area contributed by atoms with E-state index in [1.54, 1.807) is 0 Å². The molecule has 127 heavy (non-hydrogen) atoms. The average Bonchev–Trinajstić information content (AvgIpc) is 0.620. The Balaban J connectivity index is 6.64. The van der Waals surface area contributed by atoms with Gasteiger partial charge < -0.3 is 15.8 Å². The molecule has 752 valence electrons. The van der Waals surface area contributed by atoms with Gasteiger partial charge in [-0.3, -0.25) is 0 Å². The lowest BCUT2D eigenvalue weighted by Crippen LogP contribution is -3.02. The van der Waals surface area contributed by atoms with Crippen molar-refractivity contribution in [3.05, 3.63) is 29.8 Å². The second-order valence-corrected chi connectivity index (χ2v) is 28.4. The summed E-state index contributed by atoms with van der Waals surface area (Å²) in [4.78, 5) is 23.4. The van der Waals surface area contributed by atoms with Crippen LogP contribution in [-0.4, -0.2) is 246 Å². The van der Waals surface area contributed by atoms with Gasteiger partial charge in [0.1, 0.15) is 6.61 Å². The van der Waals surface area contributed by atoms with E-state index in [1.165, 1.54) is 0 Å². The van der Waals surface area contributed by atoms with Crippen LogP contribution in [0.25, 0.3) is 0 Å². The Morgan fingerprint density at radius 1 is 0.213 bits per heavy atom. The maximum absolute atomic E-state index is 18.5. The Bertz CT molecular complexity index is 3770. The molecule has 1 aromatic rings. The van der Waals surface area contributed by atoms with Crippen molar-refractivity contribution in [2.24, 2.45) is 5.73 Å². The third kappa shape index (κ3) is 13.7. The Morgan fingerprint density at radius 2 is 0.346 bits per heavy atom. The van der Waals surface area contributed by atoms with Gasteiger partial charge in [0.2, 0.25) is 0 Å². The maximum atomic E-state index is 18.5. The summed E-state index contributed by atoms with van der Waals surface area (Å²) in [5, 5.41) is -48.3. The molecule has 3 atom stereocenters. The van der Waals surface area contributed by atoms with E-state index >= 15 is 158 Å². The molecule has 0 bridgehead atoms. The quantitative estimate of drug-likeness (QED) is 0.0308. The lowest BCUT2D eigenvalue weighted by molar-refractivity contribution is -0.481. The van der Waals surface area contributed by atoms with E-state index < -0.39 is 281 Å². The van der Waals surface area contributed by atoms with Crippen molar-refractivity contribution < 1.29 is 344 Å². The number of alkyl halides is 75. The Labute approximate surface area is 636 Å². The molecule has 2 amide bonds. The summed E-state index contributed by atoms with van der Waals surface area (Å²) in [6.45, 7) is -4.26. The molecule has 81 heteroatoms. The Kier molecular flexibility index (Phi) is 27.8. The molecule has 1 aromatic carbocycles. The molecular weight excluding hydrogens is 2080 g/mol. The van der Waals surface area contributed by atoms with E-state index in [-0.39, 0.29) is 0 Å². The number of amides is 2. The van der Waals surface area contributed by atoms with Gasteiger partial charge in [0.15, 0.2) is 0 Å². The first kappa shape index (κ1) is 118. The standard InChI is InChI=1S/C46H11F75N2O3Si/c47-11(48,17(59,60)23(71,72)29(83,84)35(95,96)41(104,105)106)14(53,54)20(65,66)26(77,78)32(89,90)38(101,44(113,114)115)127(8-3-1-7(2-4-8)9(124)126-6-5-123-10(122)125,39(102,45(116,117)118)33(91,92)27(79,80)21(67,68)15(55,56)12(49,50)18(61,62)24(73,74)30(85,86)36(97,98)42(107,108)109)40(103,46(119,120)121)34(93,94)28(81,82)22(69,70)16(57,58)13(51,52)19(63,64)25(75,76)31(87,88)37(99,100)43(110,111)112/h1-4H,5-6H2,(H3,122,123,125). The number of halogens is 75. The molecule has 0 saturated carbocycles. The van der Waals surface area contributed by atoms with Crippen molar-refractivity contribution in [1.29, 1.82) is 0 Å². The first-order valence-corrected chi connectivity index (χ1v) is 29.8. The molecule has 0 heterocycles. The predicted molar refractivity (Wildman–Crippen MR) is 241 cm³/mol. The van der Waals surface area contributed by atoms with E-state index in [0.717, 1.165) is 5.32 Å². The number of urea groups is 1. The zero-order chi connectivity index (χ0) is 104. The molecule has 0 saturated heterocycles. The van der Waals surface area contributed by atoms with Crippen LogP contribution in [0.3, 0.4) is 0 Å². The molecule has 5 nitrogen and oxygen atoms in total. The summed E-state index contributed by atoms with van der Waals surface area (Å²) in [6.07, 6.45) is -65.4. The molecule has 0 aromatic heterocycles. The fourth-order valence-corrected chi connectivity index (χ4v) is 16.2. The number of benzene rings is 1. The zero-order valence-corrected chi connectivity index (χ0v) is 55.9. The van der Waals surface area contributed by atoms with E-state index in [0.29, 0.717) is 0 Å². The van der Waals surface area contributed by atoms with Crippen LogP contribution in [0.4, 0.5) is 334 Å². The minimum absolute atomic E-state index is 0.931. The lowest BCUT2D eigenvalue weighted by atomic mass is 9.85. The number of ether oxygens (including phenoxy) is 1. The van der Waals surface area contributed by atoms with Crippen LogP contribution in [0.1, 0.15) is 10.4 Å². The van der Waals surface area contributed by atoms with Crippen molar-refractivity contribution >= 4 is 25.3 Å². The minimum Gasteiger partial charge on any atom is -0.460 e. The number of rotatable bonds is 35. The Hall–Kier alpha value is -7.07. The third-order valence-corrected chi connectivity index (χ3v) is 22.8. The van der Waals surface area contributed by atoms with Crippen LogP contribution < -0.4 is 16.2 Å². The number of primary amides is 1. The number of hydrogen-bond donors (Lipinski definition) is 2. The molecule has 0 fully saturated rings. The van der Waals surface area contributed by atoms with Crippen molar-refractivity contribution in [1.82, 2.24) is 5.32 Å². The molecule has 0 aliphatic carbocycles. The van der Waals surface area contributed by atoms with Gasteiger partial charge in [-0.25, -0.2) is 22.8 Å². The Morgan fingerprint density at radius 3 is 0.472 bits per heavy atom. The molecule has 0 aliphatic heterocycles. The van der Waals surface area contributed by atoms with E-state index in [2.05, 4.69) is 10.5 Å². The van der Waals surface area contributed by atoms with Gasteiger partial charge >= 0.3 is 209 Å². The van der Waals surface area contributed by atoms with Gasteiger partial charge in [-0.1, -0.05) is 12.1 Å². The van der Waals surface area contributed by atoms with E-state index in [9.17, 15) is 181 Å². The van der Waals surface area contributed by atoms with Crippen LogP contribution in [0.5, 0.6) is 0 Å². The number of nitrogens with one attached hydrogen (secondary N) is 1. The number of nitrogens with two attached hydrogens (primary N) is 1. The van der Waals surface area contributed by atoms with Gasteiger partial charge in [0.05, 0.1) is 12.1 Å². The van der Waals surface area contributed by atoms with Gasteiger partial charge in [-0.05, 0) is 17.3 Å². The molecule has 3 unspecified atom stereocenters. The first-order chi connectivity index (χ1) is 53.8. The summed E-state index contributed by atoms with van der Waals surface area (Å²) in [5.41, 5.74) is 0.776. The molecule has 3 N–H and O–H groups in total. The maximum Gasteiger partial charge on any atom is 0.460 e. The summed E-state index contributed by atoms with van der Waals surface area (Å²) >= 11 is 0. The van der Waals surface area contributed by atoms with Crippen molar-refractivity contribution in [3.8, 4) is 0 Å². The largest absolute Gasteiger partial charge is 0.460 e. The van der Waals surface area contributed by atoms with E-state index in [4.69, 9.17) is 0 Å². The molecule has 0 spiro atoms. The second kappa shape index (κ2) is 30.0. The third-order valence-electron chi connectivity index (χ3n) is 16.7. The number of carbonyl (C=O) groups is 2. The topological polar surface area (TPSA) is 81.4 Å². The van der Waals surface area contributed by atoms with Crippen molar-refractivity contribution in [3.63, 3.8) is 0 Å². The van der Waals surface area contributed by atoms with Gasteiger partial charge in [0.25, 0.3) is 23.9 Å². The highest BCUT2D eigenvalue weighted by molar-refractivity contribution is 7.00. The van der Waals surface area contributed by atoms with Crippen LogP contribution in [0.15, 0.2) is 24.3 Å². The molecule has 1 rings (SSSR count). The SMILES string of the molecule is NC(=O)NCCOC(=O)c1ccc([Si](C(F)(C(F)(F)F)C(F)(F)C(F)(F)C(F)(F)C(F)(F)C(F)(F)C(F)(F)C(F)(F)C(F)(F)C(F)(F)C(F)(F)F)(C(F)(C(F)(F)F)C(F)(F)C(F)(F)C(F)(F)C(F)(F)C(F)(F)C(F)(F)C(F)(F)C(F)(F)C(F)(F)C(F)(F)F)C(F)(C(F)(F)F)C(F)(F)C(F)(F)C(F)(F)C(F)(F)C(F)(F)C(F)(F)C(F)(F)C(F)(F)C(F)(F)C(F)(F)F)cc1.